The van der Waals surface area contributed by atoms with Crippen LogP contribution < -0.4 is 5.32 Å². The maximum Gasteiger partial charge on any atom is 0.220 e. The van der Waals surface area contributed by atoms with E-state index in [1.54, 1.807) is 6.08 Å². The van der Waals surface area contributed by atoms with Crippen LogP contribution in [0.25, 0.3) is 0 Å². The highest BCUT2D eigenvalue weighted by atomic mass is 16.8. The van der Waals surface area contributed by atoms with Gasteiger partial charge in [-0.25, -0.2) is 0 Å². The molecule has 0 aliphatic carbocycles. The molecular formula is C32H57NO18. The van der Waals surface area contributed by atoms with Gasteiger partial charge in [0.15, 0.2) is 18.9 Å². The van der Waals surface area contributed by atoms with Gasteiger partial charge in [-0.3, -0.25) is 4.79 Å². The van der Waals surface area contributed by atoms with Crippen molar-refractivity contribution in [3.8, 4) is 0 Å². The van der Waals surface area contributed by atoms with Crippen molar-refractivity contribution in [3.05, 3.63) is 12.2 Å². The first-order valence-corrected chi connectivity index (χ1v) is 17.4. The minimum atomic E-state index is -1.97. The predicted molar refractivity (Wildman–Crippen MR) is 171 cm³/mol. The molecule has 17 unspecified atom stereocenters. The molecule has 17 atom stereocenters. The highest BCUT2D eigenvalue weighted by Crippen LogP contribution is 2.32. The molecule has 0 saturated carbocycles. The zero-order valence-electron chi connectivity index (χ0n) is 28.8. The molecule has 1 amide bonds. The molecule has 0 bridgehead atoms. The number of nitrogens with one attached hydrogen (secondary N) is 1. The number of aliphatic hydroxyl groups is 11. The van der Waals surface area contributed by atoms with Crippen molar-refractivity contribution in [1.29, 1.82) is 0 Å². The number of allylic oxidation sites excluding steroid dienone is 1. The number of unbranched alkanes of at least 4 members (excludes halogenated alkanes) is 3. The van der Waals surface area contributed by atoms with Gasteiger partial charge in [-0.05, 0) is 12.8 Å². The smallest absolute Gasteiger partial charge is 0.220 e. The van der Waals surface area contributed by atoms with Gasteiger partial charge in [0.2, 0.25) is 5.91 Å². The summed E-state index contributed by atoms with van der Waals surface area (Å²) in [6.45, 7) is 1.17. The Bertz CT molecular complexity index is 1040. The molecule has 3 fully saturated rings. The zero-order valence-corrected chi connectivity index (χ0v) is 28.8. The second-order valence-corrected chi connectivity index (χ2v) is 13.0. The second kappa shape index (κ2) is 21.4. The molecule has 3 heterocycles. The Kier molecular flexibility index (Phi) is 18.5. The quantitative estimate of drug-likeness (QED) is 0.0437. The molecule has 3 saturated heterocycles. The molecule has 0 radical (unpaired) electrons. The van der Waals surface area contributed by atoms with Crippen molar-refractivity contribution in [3.63, 3.8) is 0 Å². The molecule has 19 heteroatoms. The average molecular weight is 744 g/mol. The first-order valence-electron chi connectivity index (χ1n) is 17.4. The van der Waals surface area contributed by atoms with Crippen LogP contribution in [-0.4, -0.2) is 193 Å². The van der Waals surface area contributed by atoms with Crippen LogP contribution in [-0.2, 0) is 33.2 Å². The van der Waals surface area contributed by atoms with Crippen LogP contribution in [0.5, 0.6) is 0 Å². The normalized spacial score (nSPS) is 40.3. The van der Waals surface area contributed by atoms with Crippen molar-refractivity contribution in [2.45, 2.75) is 157 Å². The molecule has 19 nitrogen and oxygen atoms in total. The van der Waals surface area contributed by atoms with E-state index < -0.39 is 124 Å². The standard InChI is InChI=1S/C32H57NO18/c1-3-5-7-8-9-16(37)15(33-20(38)10-6-4-2)14-46-30-26(44)23(41)28(18(12-35)48-30)51-32-27(45)24(42)29(19(13-36)49-32)50-31-25(43)22(40)21(39)17(11-34)47-31/h8-9,15-19,21-32,34-37,39-45H,3-7,10-14H2,1-2H3,(H,33,38)/b9-8+. The summed E-state index contributed by atoms with van der Waals surface area (Å²) in [4.78, 5) is 12.5. The first kappa shape index (κ1) is 43.9. The van der Waals surface area contributed by atoms with Gasteiger partial charge in [-0.1, -0.05) is 45.3 Å². The fraction of sp³-hybridized carbons (Fsp3) is 0.906. The number of hydrogen-bond acceptors (Lipinski definition) is 18. The minimum absolute atomic E-state index is 0.216. The largest absolute Gasteiger partial charge is 0.394 e. The Balaban J connectivity index is 1.67. The highest BCUT2D eigenvalue weighted by molar-refractivity contribution is 5.76. The number of hydrogen-bond donors (Lipinski definition) is 12. The van der Waals surface area contributed by atoms with Gasteiger partial charge in [0.05, 0.1) is 38.6 Å². The van der Waals surface area contributed by atoms with E-state index in [9.17, 15) is 61.0 Å². The van der Waals surface area contributed by atoms with Gasteiger partial charge in [-0.15, -0.1) is 0 Å². The third-order valence-electron chi connectivity index (χ3n) is 9.09. The van der Waals surface area contributed by atoms with Crippen molar-refractivity contribution in [2.75, 3.05) is 26.4 Å². The monoisotopic (exact) mass is 743 g/mol. The van der Waals surface area contributed by atoms with Gasteiger partial charge in [0, 0.05) is 6.42 Å². The SMILES string of the molecule is CCCC/C=C/C(O)C(COC1OC(CO)C(OC2OC(CO)C(OC3OC(CO)C(O)C(O)C3O)C(O)C2O)C(O)C1O)NC(=O)CCCC. The van der Waals surface area contributed by atoms with Gasteiger partial charge in [-0.2, -0.15) is 0 Å². The third kappa shape index (κ3) is 11.5. The molecule has 51 heavy (non-hydrogen) atoms. The number of ether oxygens (including phenoxy) is 6. The summed E-state index contributed by atoms with van der Waals surface area (Å²) >= 11 is 0. The fourth-order valence-electron chi connectivity index (χ4n) is 5.91. The molecule has 3 aliphatic heterocycles. The Morgan fingerprint density at radius 1 is 0.686 bits per heavy atom. The van der Waals surface area contributed by atoms with E-state index in [0.29, 0.717) is 12.8 Å². The van der Waals surface area contributed by atoms with Crippen molar-refractivity contribution in [2.24, 2.45) is 0 Å². The van der Waals surface area contributed by atoms with Crippen LogP contribution in [0, 0.1) is 0 Å². The van der Waals surface area contributed by atoms with Crippen LogP contribution in [0.15, 0.2) is 12.2 Å². The van der Waals surface area contributed by atoms with Gasteiger partial charge in [0.25, 0.3) is 0 Å². The fourth-order valence-corrected chi connectivity index (χ4v) is 5.91. The number of carbonyl (C=O) groups excluding carboxylic acids is 1. The lowest BCUT2D eigenvalue weighted by molar-refractivity contribution is -0.379. The first-order chi connectivity index (χ1) is 24.3. The summed E-state index contributed by atoms with van der Waals surface area (Å²) in [5, 5.41) is 117. The van der Waals surface area contributed by atoms with Gasteiger partial charge >= 0.3 is 0 Å². The van der Waals surface area contributed by atoms with E-state index >= 15 is 0 Å². The number of rotatable bonds is 19. The molecule has 0 aromatic rings. The van der Waals surface area contributed by atoms with E-state index in [-0.39, 0.29) is 18.9 Å². The van der Waals surface area contributed by atoms with Crippen LogP contribution in [0.2, 0.25) is 0 Å². The van der Waals surface area contributed by atoms with Crippen LogP contribution >= 0.6 is 0 Å². The summed E-state index contributed by atoms with van der Waals surface area (Å²) in [5.41, 5.74) is 0. The summed E-state index contributed by atoms with van der Waals surface area (Å²) in [6, 6.07) is -0.956. The Hall–Kier alpha value is -1.47. The molecule has 3 rings (SSSR count). The maximum absolute atomic E-state index is 12.5. The molecular weight excluding hydrogens is 686 g/mol. The Morgan fingerprint density at radius 2 is 1.18 bits per heavy atom. The van der Waals surface area contributed by atoms with Crippen LogP contribution in [0.1, 0.15) is 52.4 Å². The minimum Gasteiger partial charge on any atom is -0.394 e. The van der Waals surface area contributed by atoms with Crippen molar-refractivity contribution in [1.82, 2.24) is 5.32 Å². The molecule has 0 aromatic carbocycles. The number of carbonyl (C=O) groups is 1. The lowest BCUT2D eigenvalue weighted by atomic mass is 9.96. The molecule has 0 aromatic heterocycles. The number of amides is 1. The van der Waals surface area contributed by atoms with Crippen LogP contribution in [0.4, 0.5) is 0 Å². The molecule has 298 valence electrons. The molecule has 3 aliphatic rings. The lowest BCUT2D eigenvalue weighted by Crippen LogP contribution is -2.66. The summed E-state index contributed by atoms with van der Waals surface area (Å²) in [5.74, 6) is -0.325. The van der Waals surface area contributed by atoms with E-state index in [4.69, 9.17) is 28.4 Å². The van der Waals surface area contributed by atoms with E-state index in [0.717, 1.165) is 19.3 Å². The Morgan fingerprint density at radius 3 is 1.71 bits per heavy atom. The molecule has 0 spiro atoms. The summed E-state index contributed by atoms with van der Waals surface area (Å²) in [6.07, 6.45) is -19.2. The molecule has 12 N–H and O–H groups in total. The highest BCUT2D eigenvalue weighted by Gasteiger charge is 2.53. The summed E-state index contributed by atoms with van der Waals surface area (Å²) in [7, 11) is 0. The van der Waals surface area contributed by atoms with E-state index in [1.807, 2.05) is 13.8 Å². The topological polar surface area (TPSA) is 307 Å². The lowest BCUT2D eigenvalue weighted by Gasteiger charge is -2.48. The van der Waals surface area contributed by atoms with Gasteiger partial charge < -0.3 is 89.9 Å². The van der Waals surface area contributed by atoms with Crippen LogP contribution in [0.3, 0.4) is 0 Å². The second-order valence-electron chi connectivity index (χ2n) is 13.0. The number of aliphatic hydroxyl groups excluding tert-OH is 11. The van der Waals surface area contributed by atoms with E-state index in [1.165, 1.54) is 6.08 Å². The van der Waals surface area contributed by atoms with Crippen molar-refractivity contribution >= 4 is 5.91 Å². The Labute approximate surface area is 295 Å². The predicted octanol–water partition coefficient (Wildman–Crippen LogP) is -4.77. The maximum atomic E-state index is 12.5. The average Bonchev–Trinajstić information content (AvgIpc) is 3.12. The van der Waals surface area contributed by atoms with Crippen molar-refractivity contribution < 1.29 is 89.4 Å². The third-order valence-corrected chi connectivity index (χ3v) is 9.09. The zero-order chi connectivity index (χ0) is 37.8. The summed E-state index contributed by atoms with van der Waals surface area (Å²) < 4.78 is 33.4. The van der Waals surface area contributed by atoms with E-state index in [2.05, 4.69) is 5.32 Å². The van der Waals surface area contributed by atoms with Gasteiger partial charge in [0.1, 0.15) is 73.2 Å².